The molecule has 0 aliphatic carbocycles. The van der Waals surface area contributed by atoms with E-state index in [4.69, 9.17) is 5.26 Å². The van der Waals surface area contributed by atoms with Crippen molar-refractivity contribution in [3.8, 4) is 6.07 Å². The summed E-state index contributed by atoms with van der Waals surface area (Å²) >= 11 is 0. The van der Waals surface area contributed by atoms with Crippen LogP contribution in [-0.2, 0) is 0 Å². The second-order valence-corrected chi connectivity index (χ2v) is 2.77. The zero-order valence-electron chi connectivity index (χ0n) is 7.65. The standard InChI is InChI=1S/C9H5FN2O3/c1-5(13)7-3-8(10)6(4-11)2-9(7)12(14)15/h2-3H,1H3. The number of carbonyl (C=O) groups excluding carboxylic acids is 1. The Hall–Kier alpha value is -2.29. The third-order valence-corrected chi connectivity index (χ3v) is 1.78. The second-order valence-electron chi connectivity index (χ2n) is 2.77. The van der Waals surface area contributed by atoms with Gasteiger partial charge in [0.1, 0.15) is 11.9 Å². The van der Waals surface area contributed by atoms with Crippen LogP contribution < -0.4 is 0 Å². The molecule has 0 amide bonds. The summed E-state index contributed by atoms with van der Waals surface area (Å²) in [7, 11) is 0. The van der Waals surface area contributed by atoms with Crippen LogP contribution in [-0.4, -0.2) is 10.7 Å². The summed E-state index contributed by atoms with van der Waals surface area (Å²) in [6, 6.07) is 2.93. The van der Waals surface area contributed by atoms with Crippen LogP contribution in [0.3, 0.4) is 0 Å². The van der Waals surface area contributed by atoms with Gasteiger partial charge in [-0.25, -0.2) is 4.39 Å². The Morgan fingerprint density at radius 1 is 1.60 bits per heavy atom. The lowest BCUT2D eigenvalue weighted by molar-refractivity contribution is -0.385. The molecule has 0 saturated carbocycles. The molecule has 0 heterocycles. The average molecular weight is 208 g/mol. The molecule has 1 rings (SSSR count). The van der Waals surface area contributed by atoms with E-state index in [-0.39, 0.29) is 5.56 Å². The third kappa shape index (κ3) is 1.96. The minimum Gasteiger partial charge on any atom is -0.294 e. The number of carbonyl (C=O) groups is 1. The van der Waals surface area contributed by atoms with Crippen LogP contribution in [0.2, 0.25) is 0 Å². The first-order chi connectivity index (χ1) is 6.97. The van der Waals surface area contributed by atoms with Gasteiger partial charge < -0.3 is 0 Å². The maximum absolute atomic E-state index is 13.1. The Labute approximate surface area is 83.9 Å². The van der Waals surface area contributed by atoms with Gasteiger partial charge in [-0.3, -0.25) is 14.9 Å². The fraction of sp³-hybridized carbons (Fsp3) is 0.111. The van der Waals surface area contributed by atoms with Crippen molar-refractivity contribution in [2.75, 3.05) is 0 Å². The zero-order valence-corrected chi connectivity index (χ0v) is 7.65. The smallest absolute Gasteiger partial charge is 0.281 e. The van der Waals surface area contributed by atoms with Gasteiger partial charge >= 0.3 is 0 Å². The molecule has 0 aliphatic heterocycles. The number of nitriles is 1. The summed E-state index contributed by atoms with van der Waals surface area (Å²) in [5, 5.41) is 19.0. The van der Waals surface area contributed by atoms with Crippen molar-refractivity contribution in [3.05, 3.63) is 39.2 Å². The number of hydrogen-bond acceptors (Lipinski definition) is 4. The Kier molecular flexibility index (Phi) is 2.76. The summed E-state index contributed by atoms with van der Waals surface area (Å²) in [4.78, 5) is 20.7. The van der Waals surface area contributed by atoms with Gasteiger partial charge in [0.2, 0.25) is 0 Å². The van der Waals surface area contributed by atoms with E-state index in [0.29, 0.717) is 6.07 Å². The number of benzene rings is 1. The van der Waals surface area contributed by atoms with Crippen molar-refractivity contribution >= 4 is 11.5 Å². The molecule has 76 valence electrons. The van der Waals surface area contributed by atoms with Crippen molar-refractivity contribution in [1.82, 2.24) is 0 Å². The van der Waals surface area contributed by atoms with E-state index in [1.165, 1.54) is 6.07 Å². The van der Waals surface area contributed by atoms with Crippen LogP contribution >= 0.6 is 0 Å². The highest BCUT2D eigenvalue weighted by Crippen LogP contribution is 2.22. The molecule has 0 bridgehead atoms. The lowest BCUT2D eigenvalue weighted by atomic mass is 10.1. The fourth-order valence-corrected chi connectivity index (χ4v) is 1.08. The van der Waals surface area contributed by atoms with Crippen molar-refractivity contribution in [2.24, 2.45) is 0 Å². The van der Waals surface area contributed by atoms with Crippen molar-refractivity contribution < 1.29 is 14.1 Å². The van der Waals surface area contributed by atoms with E-state index < -0.39 is 27.8 Å². The van der Waals surface area contributed by atoms with E-state index in [1.807, 2.05) is 0 Å². The number of ketones is 1. The highest BCUT2D eigenvalue weighted by atomic mass is 19.1. The minimum absolute atomic E-state index is 0.337. The molecular weight excluding hydrogens is 203 g/mol. The molecule has 0 saturated heterocycles. The van der Waals surface area contributed by atoms with Gasteiger partial charge in [0.05, 0.1) is 16.1 Å². The molecule has 0 N–H and O–H groups in total. The summed E-state index contributed by atoms with van der Waals surface area (Å²) in [5.74, 6) is -1.56. The molecule has 0 aromatic heterocycles. The second kappa shape index (κ2) is 3.84. The topological polar surface area (TPSA) is 84.0 Å². The van der Waals surface area contributed by atoms with Crippen LogP contribution in [0.4, 0.5) is 10.1 Å². The highest BCUT2D eigenvalue weighted by molar-refractivity contribution is 5.98. The number of rotatable bonds is 2. The summed E-state index contributed by atoms with van der Waals surface area (Å²) < 4.78 is 13.1. The predicted molar refractivity (Wildman–Crippen MR) is 47.8 cm³/mol. The summed E-state index contributed by atoms with van der Waals surface area (Å²) in [6.07, 6.45) is 0. The van der Waals surface area contributed by atoms with Gasteiger partial charge in [-0.15, -0.1) is 0 Å². The maximum Gasteiger partial charge on any atom is 0.281 e. The van der Waals surface area contributed by atoms with Crippen LogP contribution in [0.25, 0.3) is 0 Å². The average Bonchev–Trinajstić information content (AvgIpc) is 2.16. The molecule has 5 nitrogen and oxygen atoms in total. The van der Waals surface area contributed by atoms with E-state index in [2.05, 4.69) is 0 Å². The Morgan fingerprint density at radius 3 is 2.60 bits per heavy atom. The first kappa shape index (κ1) is 10.8. The largest absolute Gasteiger partial charge is 0.294 e. The molecule has 0 radical (unpaired) electrons. The Bertz CT molecular complexity index is 491. The SMILES string of the molecule is CC(=O)c1cc(F)c(C#N)cc1[N+](=O)[O-]. The Balaban J connectivity index is 3.54. The van der Waals surface area contributed by atoms with E-state index >= 15 is 0 Å². The lowest BCUT2D eigenvalue weighted by Gasteiger charge is -2.00. The van der Waals surface area contributed by atoms with Gasteiger partial charge in [0.15, 0.2) is 5.78 Å². The quantitative estimate of drug-likeness (QED) is 0.421. The minimum atomic E-state index is -0.937. The number of hydrogen-bond donors (Lipinski definition) is 0. The predicted octanol–water partition coefficient (Wildman–Crippen LogP) is 1.81. The molecule has 1 aromatic carbocycles. The van der Waals surface area contributed by atoms with Crippen molar-refractivity contribution in [2.45, 2.75) is 6.92 Å². The molecule has 0 fully saturated rings. The van der Waals surface area contributed by atoms with Gasteiger partial charge in [0.25, 0.3) is 5.69 Å². The monoisotopic (exact) mass is 208 g/mol. The molecule has 15 heavy (non-hydrogen) atoms. The van der Waals surface area contributed by atoms with Crippen LogP contribution in [0.1, 0.15) is 22.8 Å². The molecular formula is C9H5FN2O3. The van der Waals surface area contributed by atoms with Gasteiger partial charge in [-0.2, -0.15) is 5.26 Å². The normalized spacial score (nSPS) is 9.40. The van der Waals surface area contributed by atoms with Crippen molar-refractivity contribution in [3.63, 3.8) is 0 Å². The lowest BCUT2D eigenvalue weighted by Crippen LogP contribution is -2.02. The van der Waals surface area contributed by atoms with Crippen LogP contribution in [0, 0.1) is 27.3 Å². The van der Waals surface area contributed by atoms with Gasteiger partial charge in [0, 0.05) is 6.07 Å². The third-order valence-electron chi connectivity index (χ3n) is 1.78. The van der Waals surface area contributed by atoms with E-state index in [0.717, 1.165) is 13.0 Å². The molecule has 0 aliphatic rings. The molecule has 0 atom stereocenters. The Morgan fingerprint density at radius 2 is 2.20 bits per heavy atom. The van der Waals surface area contributed by atoms with E-state index in [1.54, 1.807) is 0 Å². The number of nitro benzene ring substituents is 1. The first-order valence-corrected chi connectivity index (χ1v) is 3.86. The summed E-state index contributed by atoms with van der Waals surface area (Å²) in [6.45, 7) is 1.09. The first-order valence-electron chi connectivity index (χ1n) is 3.86. The molecule has 6 heteroatoms. The highest BCUT2D eigenvalue weighted by Gasteiger charge is 2.20. The van der Waals surface area contributed by atoms with Crippen LogP contribution in [0.5, 0.6) is 0 Å². The number of nitrogens with zero attached hydrogens (tertiary/aromatic N) is 2. The molecule has 0 unspecified atom stereocenters. The fourth-order valence-electron chi connectivity index (χ4n) is 1.08. The van der Waals surface area contributed by atoms with Crippen molar-refractivity contribution in [1.29, 1.82) is 5.26 Å². The van der Waals surface area contributed by atoms with Gasteiger partial charge in [-0.05, 0) is 13.0 Å². The maximum atomic E-state index is 13.1. The number of halogens is 1. The number of nitro groups is 1. The molecule has 1 aromatic rings. The van der Waals surface area contributed by atoms with Crippen LogP contribution in [0.15, 0.2) is 12.1 Å². The van der Waals surface area contributed by atoms with E-state index in [9.17, 15) is 19.3 Å². The van der Waals surface area contributed by atoms with Gasteiger partial charge in [-0.1, -0.05) is 0 Å². The molecule has 0 spiro atoms. The zero-order chi connectivity index (χ0) is 11.6. The number of Topliss-reactive ketones (excluding diaryl/α,β-unsaturated/α-hetero) is 1. The summed E-state index contributed by atoms with van der Waals surface area (Å²) in [5.41, 5.74) is -1.34.